The first-order valence-electron chi connectivity index (χ1n) is 10.1. The van der Waals surface area contributed by atoms with E-state index in [9.17, 15) is 9.59 Å². The summed E-state index contributed by atoms with van der Waals surface area (Å²) >= 11 is 1.54. The Morgan fingerprint density at radius 3 is 2.54 bits per heavy atom. The van der Waals surface area contributed by atoms with E-state index >= 15 is 0 Å². The first-order valence-corrected chi connectivity index (χ1v) is 11.0. The molecule has 2 amide bonds. The molecule has 2 aromatic rings. The molecule has 2 aromatic heterocycles. The van der Waals surface area contributed by atoms with Crippen LogP contribution in [0.5, 0.6) is 0 Å². The average molecular weight is 399 g/mol. The highest BCUT2D eigenvalue weighted by Crippen LogP contribution is 2.26. The summed E-state index contributed by atoms with van der Waals surface area (Å²) in [7, 11) is 0. The maximum atomic E-state index is 12.7. The topological polar surface area (TPSA) is 66.4 Å². The van der Waals surface area contributed by atoms with Crippen molar-refractivity contribution in [3.63, 3.8) is 0 Å². The third-order valence-corrected chi connectivity index (χ3v) is 6.63. The van der Waals surface area contributed by atoms with Gasteiger partial charge >= 0.3 is 0 Å². The molecule has 148 valence electrons. The molecule has 0 atom stereocenters. The van der Waals surface area contributed by atoms with Crippen molar-refractivity contribution in [1.29, 1.82) is 0 Å². The van der Waals surface area contributed by atoms with E-state index in [1.807, 2.05) is 27.3 Å². The fourth-order valence-electron chi connectivity index (χ4n) is 4.06. The molecule has 0 spiro atoms. The van der Waals surface area contributed by atoms with Crippen LogP contribution in [-0.4, -0.2) is 57.8 Å². The zero-order valence-electron chi connectivity index (χ0n) is 16.0. The van der Waals surface area contributed by atoms with Gasteiger partial charge in [-0.1, -0.05) is 19.3 Å². The van der Waals surface area contributed by atoms with Gasteiger partial charge in [-0.2, -0.15) is 0 Å². The summed E-state index contributed by atoms with van der Waals surface area (Å²) in [6, 6.07) is 3.86. The van der Waals surface area contributed by atoms with Gasteiger partial charge in [0.25, 0.3) is 0 Å². The molecule has 2 fully saturated rings. The first kappa shape index (κ1) is 19.1. The van der Waals surface area contributed by atoms with Gasteiger partial charge < -0.3 is 9.80 Å². The van der Waals surface area contributed by atoms with Gasteiger partial charge in [0.2, 0.25) is 11.8 Å². The van der Waals surface area contributed by atoms with Crippen molar-refractivity contribution < 1.29 is 9.59 Å². The van der Waals surface area contributed by atoms with Gasteiger partial charge in [-0.3, -0.25) is 14.6 Å². The summed E-state index contributed by atoms with van der Waals surface area (Å²) in [5.74, 6) is 0.595. The van der Waals surface area contributed by atoms with E-state index in [0.717, 1.165) is 29.1 Å². The molecule has 1 saturated heterocycles. The number of piperazine rings is 1. The van der Waals surface area contributed by atoms with Crippen LogP contribution in [0.15, 0.2) is 29.9 Å². The number of hydrogen-bond donors (Lipinski definition) is 0. The predicted octanol–water partition coefficient (Wildman–Crippen LogP) is 3.00. The second-order valence-electron chi connectivity index (χ2n) is 7.60. The number of carbonyl (C=O) groups excluding carboxylic acids is 2. The minimum absolute atomic E-state index is 0.0906. The SMILES string of the molecule is O=C(Cc1csc(-c2cccnc2)n1)N1CCN(C(=O)C2CCCCC2)CC1. The van der Waals surface area contributed by atoms with Gasteiger partial charge in [0, 0.05) is 55.4 Å². The van der Waals surface area contributed by atoms with Crippen LogP contribution in [0.3, 0.4) is 0 Å². The molecule has 0 unspecified atom stereocenters. The van der Waals surface area contributed by atoms with Crippen LogP contribution in [0.2, 0.25) is 0 Å². The van der Waals surface area contributed by atoms with Crippen molar-refractivity contribution in [2.45, 2.75) is 38.5 Å². The number of aromatic nitrogens is 2. The Bertz CT molecular complexity index is 809. The van der Waals surface area contributed by atoms with E-state index in [1.54, 1.807) is 12.4 Å². The highest BCUT2D eigenvalue weighted by atomic mass is 32.1. The lowest BCUT2D eigenvalue weighted by Gasteiger charge is -2.37. The standard InChI is InChI=1S/C21H26N4O2S/c26-19(13-18-15-28-20(23-18)17-7-4-8-22-14-17)24-9-11-25(12-10-24)21(27)16-5-2-1-3-6-16/h4,7-8,14-16H,1-3,5-6,9-13H2. The van der Waals surface area contributed by atoms with Crippen molar-refractivity contribution in [2.75, 3.05) is 26.2 Å². The highest BCUT2D eigenvalue weighted by molar-refractivity contribution is 7.13. The minimum Gasteiger partial charge on any atom is -0.339 e. The van der Waals surface area contributed by atoms with Gasteiger partial charge in [-0.15, -0.1) is 11.3 Å². The summed E-state index contributed by atoms with van der Waals surface area (Å²) in [5.41, 5.74) is 1.77. The van der Waals surface area contributed by atoms with Crippen LogP contribution in [0.4, 0.5) is 0 Å². The third-order valence-electron chi connectivity index (χ3n) is 5.69. The highest BCUT2D eigenvalue weighted by Gasteiger charge is 2.29. The monoisotopic (exact) mass is 398 g/mol. The molecule has 1 aliphatic carbocycles. The summed E-state index contributed by atoms with van der Waals surface area (Å²) < 4.78 is 0. The van der Waals surface area contributed by atoms with E-state index in [2.05, 4.69) is 9.97 Å². The summed E-state index contributed by atoms with van der Waals surface area (Å²) in [6.07, 6.45) is 9.49. The lowest BCUT2D eigenvalue weighted by molar-refractivity contribution is -0.142. The van der Waals surface area contributed by atoms with Crippen molar-refractivity contribution >= 4 is 23.2 Å². The summed E-state index contributed by atoms with van der Waals surface area (Å²) in [4.78, 5) is 37.9. The van der Waals surface area contributed by atoms with Gasteiger partial charge in [0.05, 0.1) is 12.1 Å². The lowest BCUT2D eigenvalue weighted by atomic mass is 9.88. The molecule has 4 rings (SSSR count). The molecule has 3 heterocycles. The summed E-state index contributed by atoms with van der Waals surface area (Å²) in [5, 5.41) is 2.84. The van der Waals surface area contributed by atoms with Crippen molar-refractivity contribution in [3.05, 3.63) is 35.6 Å². The number of amides is 2. The minimum atomic E-state index is 0.0906. The zero-order valence-corrected chi connectivity index (χ0v) is 16.9. The number of pyridine rings is 1. The van der Waals surface area contributed by atoms with E-state index in [0.29, 0.717) is 38.5 Å². The molecule has 1 saturated carbocycles. The summed E-state index contributed by atoms with van der Waals surface area (Å²) in [6.45, 7) is 2.55. The fourth-order valence-corrected chi connectivity index (χ4v) is 4.87. The predicted molar refractivity (Wildman–Crippen MR) is 109 cm³/mol. The fraction of sp³-hybridized carbons (Fsp3) is 0.524. The average Bonchev–Trinajstić information content (AvgIpc) is 3.23. The molecule has 7 heteroatoms. The van der Waals surface area contributed by atoms with Crippen LogP contribution < -0.4 is 0 Å². The largest absolute Gasteiger partial charge is 0.339 e. The smallest absolute Gasteiger partial charge is 0.228 e. The zero-order chi connectivity index (χ0) is 19.3. The second kappa shape index (κ2) is 8.82. The first-order chi connectivity index (χ1) is 13.7. The van der Waals surface area contributed by atoms with Crippen LogP contribution in [0, 0.1) is 5.92 Å². The Labute approximate surface area is 169 Å². The Hall–Kier alpha value is -2.28. The lowest BCUT2D eigenvalue weighted by Crippen LogP contribution is -2.52. The van der Waals surface area contributed by atoms with Gasteiger partial charge in [-0.25, -0.2) is 4.98 Å². The van der Waals surface area contributed by atoms with E-state index in [4.69, 9.17) is 0 Å². The Kier molecular flexibility index (Phi) is 6.00. The third kappa shape index (κ3) is 4.41. The van der Waals surface area contributed by atoms with Crippen molar-refractivity contribution in [3.8, 4) is 10.6 Å². The number of hydrogen-bond acceptors (Lipinski definition) is 5. The van der Waals surface area contributed by atoms with E-state index < -0.39 is 0 Å². The van der Waals surface area contributed by atoms with Gasteiger partial charge in [0.15, 0.2) is 0 Å². The van der Waals surface area contributed by atoms with Crippen LogP contribution >= 0.6 is 11.3 Å². The Morgan fingerprint density at radius 2 is 1.82 bits per heavy atom. The Balaban J connectivity index is 1.28. The molecule has 0 N–H and O–H groups in total. The maximum Gasteiger partial charge on any atom is 0.228 e. The molecular formula is C21H26N4O2S. The molecule has 6 nitrogen and oxygen atoms in total. The normalized spacial score (nSPS) is 18.3. The molecule has 0 aromatic carbocycles. The maximum absolute atomic E-state index is 12.7. The van der Waals surface area contributed by atoms with Crippen LogP contribution in [0.1, 0.15) is 37.8 Å². The molecule has 28 heavy (non-hydrogen) atoms. The van der Waals surface area contributed by atoms with Crippen molar-refractivity contribution in [2.24, 2.45) is 5.92 Å². The Morgan fingerprint density at radius 1 is 1.07 bits per heavy atom. The second-order valence-corrected chi connectivity index (χ2v) is 8.46. The van der Waals surface area contributed by atoms with Gasteiger partial charge in [-0.05, 0) is 25.0 Å². The molecule has 2 aliphatic rings. The number of carbonyl (C=O) groups is 2. The molecule has 0 bridgehead atoms. The van der Waals surface area contributed by atoms with E-state index in [1.165, 1.54) is 30.6 Å². The van der Waals surface area contributed by atoms with E-state index in [-0.39, 0.29) is 11.8 Å². The molecular weight excluding hydrogens is 372 g/mol. The van der Waals surface area contributed by atoms with Crippen LogP contribution in [0.25, 0.3) is 10.6 Å². The van der Waals surface area contributed by atoms with Crippen LogP contribution in [-0.2, 0) is 16.0 Å². The van der Waals surface area contributed by atoms with Gasteiger partial charge in [0.1, 0.15) is 5.01 Å². The molecule has 1 aliphatic heterocycles. The van der Waals surface area contributed by atoms with Crippen molar-refractivity contribution in [1.82, 2.24) is 19.8 Å². The quantitative estimate of drug-likeness (QED) is 0.794. The number of rotatable bonds is 4. The number of nitrogens with zero attached hydrogens (tertiary/aromatic N) is 4. The molecule has 0 radical (unpaired) electrons. The number of thiazole rings is 1.